The molecule has 0 aromatic carbocycles. The van der Waals surface area contributed by atoms with E-state index in [0.29, 0.717) is 24.2 Å². The molecular formula is C24H36O5. The van der Waals surface area contributed by atoms with Gasteiger partial charge in [0.15, 0.2) is 0 Å². The van der Waals surface area contributed by atoms with Gasteiger partial charge in [-0.3, -0.25) is 9.59 Å². The van der Waals surface area contributed by atoms with Crippen molar-refractivity contribution in [2.75, 3.05) is 0 Å². The van der Waals surface area contributed by atoms with Gasteiger partial charge in [0.1, 0.15) is 12.2 Å². The smallest absolute Gasteiger partial charge is 0.308 e. The van der Waals surface area contributed by atoms with Gasteiger partial charge in [0.05, 0.1) is 18.4 Å². The monoisotopic (exact) mass is 404 g/mol. The van der Waals surface area contributed by atoms with E-state index >= 15 is 0 Å². The van der Waals surface area contributed by atoms with Gasteiger partial charge < -0.3 is 14.6 Å². The van der Waals surface area contributed by atoms with Crippen LogP contribution in [0.3, 0.4) is 0 Å². The van der Waals surface area contributed by atoms with E-state index in [-0.39, 0.29) is 42.4 Å². The van der Waals surface area contributed by atoms with Crippen molar-refractivity contribution in [3.63, 3.8) is 0 Å². The number of hydrogen-bond acceptors (Lipinski definition) is 5. The molecule has 162 valence electrons. The summed E-state index contributed by atoms with van der Waals surface area (Å²) in [5.41, 5.74) is 1.27. The maximum atomic E-state index is 12.5. The first-order chi connectivity index (χ1) is 13.8. The van der Waals surface area contributed by atoms with Gasteiger partial charge in [-0.15, -0.1) is 0 Å². The molecule has 2 aliphatic carbocycles. The molecule has 1 saturated heterocycles. The summed E-state index contributed by atoms with van der Waals surface area (Å²) in [5.74, 6) is 0.755. The molecule has 5 heteroatoms. The van der Waals surface area contributed by atoms with Crippen LogP contribution in [-0.2, 0) is 19.1 Å². The highest BCUT2D eigenvalue weighted by molar-refractivity contribution is 5.72. The van der Waals surface area contributed by atoms with Crippen molar-refractivity contribution in [2.24, 2.45) is 29.6 Å². The minimum atomic E-state index is -0.597. The SMILES string of the molecule is CC[C@H](C)C(=O)O[C@H]1C[C@@H](C)C=C2C=C[C@H](C)[C@H](CCC3CC(O)CC(=O)O3)[C@H]21. The van der Waals surface area contributed by atoms with Crippen LogP contribution < -0.4 is 0 Å². The van der Waals surface area contributed by atoms with E-state index in [9.17, 15) is 14.7 Å². The third kappa shape index (κ3) is 5.30. The first kappa shape index (κ1) is 22.1. The molecule has 0 amide bonds. The molecule has 1 N–H and O–H groups in total. The summed E-state index contributed by atoms with van der Waals surface area (Å²) < 4.78 is 11.5. The van der Waals surface area contributed by atoms with Crippen molar-refractivity contribution in [3.8, 4) is 0 Å². The van der Waals surface area contributed by atoms with Gasteiger partial charge in [0, 0.05) is 12.3 Å². The maximum absolute atomic E-state index is 12.5. The van der Waals surface area contributed by atoms with E-state index in [2.05, 4.69) is 32.1 Å². The van der Waals surface area contributed by atoms with Gasteiger partial charge in [-0.05, 0) is 49.0 Å². The molecule has 8 atom stereocenters. The summed E-state index contributed by atoms with van der Waals surface area (Å²) in [7, 11) is 0. The Bertz CT molecular complexity index is 666. The molecule has 3 aliphatic rings. The largest absolute Gasteiger partial charge is 0.462 e. The van der Waals surface area contributed by atoms with Crippen LogP contribution in [0.4, 0.5) is 0 Å². The number of aliphatic hydroxyl groups excluding tert-OH is 1. The zero-order valence-corrected chi connectivity index (χ0v) is 18.2. The molecule has 0 saturated carbocycles. The number of carbonyl (C=O) groups is 2. The van der Waals surface area contributed by atoms with Gasteiger partial charge in [-0.25, -0.2) is 0 Å². The number of fused-ring (bicyclic) bond motifs is 1. The Morgan fingerprint density at radius 2 is 2.07 bits per heavy atom. The van der Waals surface area contributed by atoms with E-state index in [4.69, 9.17) is 9.47 Å². The molecule has 0 aromatic heterocycles. The number of allylic oxidation sites excluding steroid dienone is 3. The summed E-state index contributed by atoms with van der Waals surface area (Å²) in [5, 5.41) is 9.89. The number of rotatable bonds is 6. The number of hydrogen-bond donors (Lipinski definition) is 1. The van der Waals surface area contributed by atoms with E-state index in [1.165, 1.54) is 5.57 Å². The summed E-state index contributed by atoms with van der Waals surface area (Å²) in [6.07, 6.45) is 9.70. The van der Waals surface area contributed by atoms with E-state index in [0.717, 1.165) is 25.7 Å². The van der Waals surface area contributed by atoms with Crippen molar-refractivity contribution in [1.29, 1.82) is 0 Å². The molecule has 1 fully saturated rings. The minimum Gasteiger partial charge on any atom is -0.462 e. The molecule has 5 nitrogen and oxygen atoms in total. The number of ether oxygens (including phenoxy) is 2. The molecule has 3 rings (SSSR count). The van der Waals surface area contributed by atoms with Crippen molar-refractivity contribution in [2.45, 2.75) is 84.5 Å². The van der Waals surface area contributed by atoms with Crippen molar-refractivity contribution >= 4 is 11.9 Å². The Balaban J connectivity index is 1.74. The zero-order chi connectivity index (χ0) is 21.1. The van der Waals surface area contributed by atoms with Crippen LogP contribution in [0, 0.1) is 29.6 Å². The second-order valence-electron chi connectivity index (χ2n) is 9.36. The number of aliphatic hydroxyl groups is 1. The van der Waals surface area contributed by atoms with E-state index in [1.54, 1.807) is 0 Å². The normalized spacial score (nSPS) is 37.9. The fraction of sp³-hybridized carbons (Fsp3) is 0.750. The first-order valence-electron chi connectivity index (χ1n) is 11.3. The summed E-state index contributed by atoms with van der Waals surface area (Å²) in [6.45, 7) is 8.33. The number of cyclic esters (lactones) is 1. The summed E-state index contributed by atoms with van der Waals surface area (Å²) >= 11 is 0. The van der Waals surface area contributed by atoms with E-state index in [1.807, 2.05) is 13.8 Å². The number of carbonyl (C=O) groups excluding carboxylic acids is 2. The average molecular weight is 405 g/mol. The molecule has 1 heterocycles. The fourth-order valence-electron chi connectivity index (χ4n) is 5.07. The third-order valence-electron chi connectivity index (χ3n) is 6.93. The van der Waals surface area contributed by atoms with Crippen molar-refractivity contribution in [3.05, 3.63) is 23.8 Å². The molecule has 0 radical (unpaired) electrons. The van der Waals surface area contributed by atoms with Crippen LogP contribution in [0.15, 0.2) is 23.8 Å². The highest BCUT2D eigenvalue weighted by Crippen LogP contribution is 2.45. The van der Waals surface area contributed by atoms with Gasteiger partial charge in [-0.1, -0.05) is 45.9 Å². The molecule has 29 heavy (non-hydrogen) atoms. The first-order valence-corrected chi connectivity index (χ1v) is 11.3. The van der Waals surface area contributed by atoms with E-state index < -0.39 is 6.10 Å². The molecule has 2 unspecified atom stereocenters. The predicted molar refractivity (Wildman–Crippen MR) is 111 cm³/mol. The molecule has 1 aliphatic heterocycles. The summed E-state index contributed by atoms with van der Waals surface area (Å²) in [4.78, 5) is 24.2. The lowest BCUT2D eigenvalue weighted by Crippen LogP contribution is -2.42. The Labute approximate surface area is 174 Å². The third-order valence-corrected chi connectivity index (χ3v) is 6.93. The second kappa shape index (κ2) is 9.46. The predicted octanol–water partition coefficient (Wildman–Crippen LogP) is 4.20. The fourth-order valence-corrected chi connectivity index (χ4v) is 5.07. The topological polar surface area (TPSA) is 72.8 Å². The van der Waals surface area contributed by atoms with Crippen LogP contribution in [0.25, 0.3) is 0 Å². The Kier molecular flexibility index (Phi) is 7.20. The summed E-state index contributed by atoms with van der Waals surface area (Å²) in [6, 6.07) is 0. The highest BCUT2D eigenvalue weighted by Gasteiger charge is 2.42. The Morgan fingerprint density at radius 3 is 2.76 bits per heavy atom. The van der Waals surface area contributed by atoms with Crippen LogP contribution in [0.5, 0.6) is 0 Å². The minimum absolute atomic E-state index is 0.0854. The van der Waals surface area contributed by atoms with Crippen LogP contribution in [0.2, 0.25) is 0 Å². The van der Waals surface area contributed by atoms with Crippen LogP contribution in [0.1, 0.15) is 66.2 Å². The molecule has 0 bridgehead atoms. The molecular weight excluding hydrogens is 368 g/mol. The van der Waals surface area contributed by atoms with Crippen LogP contribution in [-0.4, -0.2) is 35.4 Å². The van der Waals surface area contributed by atoms with Crippen molar-refractivity contribution in [1.82, 2.24) is 0 Å². The number of esters is 2. The standard InChI is InChI=1S/C24H36O5/c1-5-15(3)24(27)29-21-11-14(2)10-17-7-6-16(4)20(23(17)21)9-8-19-12-18(25)13-22(26)28-19/h6-7,10,14-16,18-21,23,25H,5,8-9,11-13H2,1-4H3/t14-,15-,16-,18?,19?,20-,21-,23-/m0/s1. The zero-order valence-electron chi connectivity index (χ0n) is 18.2. The van der Waals surface area contributed by atoms with Gasteiger partial charge in [0.2, 0.25) is 0 Å². The Morgan fingerprint density at radius 1 is 1.31 bits per heavy atom. The maximum Gasteiger partial charge on any atom is 0.308 e. The Hall–Kier alpha value is -1.62. The highest BCUT2D eigenvalue weighted by atomic mass is 16.5. The lowest BCUT2D eigenvalue weighted by molar-refractivity contribution is -0.162. The average Bonchev–Trinajstić information content (AvgIpc) is 2.65. The van der Waals surface area contributed by atoms with Gasteiger partial charge >= 0.3 is 11.9 Å². The lowest BCUT2D eigenvalue weighted by atomic mass is 9.65. The molecule has 0 spiro atoms. The quantitative estimate of drug-likeness (QED) is 0.672. The van der Waals surface area contributed by atoms with Gasteiger partial charge in [0.25, 0.3) is 0 Å². The van der Waals surface area contributed by atoms with Crippen molar-refractivity contribution < 1.29 is 24.2 Å². The second-order valence-corrected chi connectivity index (χ2v) is 9.36. The van der Waals surface area contributed by atoms with Crippen LogP contribution >= 0.6 is 0 Å². The van der Waals surface area contributed by atoms with Gasteiger partial charge in [-0.2, -0.15) is 0 Å². The molecule has 0 aromatic rings. The lowest BCUT2D eigenvalue weighted by Gasteiger charge is -2.43.